The number of aliphatic hydroxyl groups excluding tert-OH is 5. The van der Waals surface area contributed by atoms with Crippen molar-refractivity contribution in [3.8, 4) is 21.1 Å². The molecule has 2 aliphatic carbocycles. The van der Waals surface area contributed by atoms with Crippen molar-refractivity contribution < 1.29 is 35.0 Å². The molecule has 22 heteroatoms. The number of thiazole rings is 2. The van der Waals surface area contributed by atoms with E-state index in [0.29, 0.717) is 55.9 Å². The minimum Gasteiger partial charge on any atom is -0.400 e. The molecule has 8 atom stereocenters. The second-order valence-electron chi connectivity index (χ2n) is 16.3. The summed E-state index contributed by atoms with van der Waals surface area (Å²) in [4.78, 5) is 50.8. The number of benzene rings is 3. The molecule has 2 saturated carbocycles. The molecule has 1 saturated heterocycles. The van der Waals surface area contributed by atoms with E-state index in [4.69, 9.17) is 14.6 Å². The lowest BCUT2D eigenvalue weighted by Gasteiger charge is -2.24. The van der Waals surface area contributed by atoms with Crippen LogP contribution < -0.4 is 21.8 Å². The van der Waals surface area contributed by atoms with E-state index in [1.807, 2.05) is 99.0 Å². The van der Waals surface area contributed by atoms with Gasteiger partial charge in [0.25, 0.3) is 11.1 Å². The van der Waals surface area contributed by atoms with Gasteiger partial charge in [-0.25, -0.2) is 19.9 Å². The van der Waals surface area contributed by atoms with Crippen LogP contribution >= 0.6 is 58.8 Å². The number of thioether (sulfide) groups is 2. The fraction of sp³-hybridized carbons (Fsp3) is 0.404. The van der Waals surface area contributed by atoms with Crippen LogP contribution in [0.4, 0.5) is 11.6 Å². The monoisotopic (exact) mass is 1040 g/mol. The Labute approximate surface area is 421 Å². The summed E-state index contributed by atoms with van der Waals surface area (Å²) in [5.74, 6) is -0.409. The van der Waals surface area contributed by atoms with Gasteiger partial charge in [-0.2, -0.15) is 0 Å². The molecule has 5 heterocycles. The van der Waals surface area contributed by atoms with Crippen molar-refractivity contribution in [2.24, 2.45) is 11.8 Å². The lowest BCUT2D eigenvalue weighted by atomic mass is 10.1. The standard InChI is InChI=1S/C21H24N4O4S2.C18H20N4O4S2.C6H6S.CH4O.CH4/c1-21(2)28-15-10(9-26)8-12(16(15)29-21)22-17-14(18(27)25-20(24-17)30-3)19-23-11-6-4-5-7-13(11)31-19;1-27-18-21-15(19-10-6-8(7-23)13(24)14(10)25)12(16(26)22-18)17-20-9-4-2-3-5-11(9)28-17;7-6-4-2-1-3-5-6;1-2;/h4-7,10,12,15-16,26H,8-9H2,1-3H3,(H2,22,24,25,27);2-5,8,10,13-14,23-25H,6-7H2,1H3,(H2,19,21,22,26);1-5,7H;2H,1H3;1H4/t10-,12-,15-,16+;8-,10-,13-,14+;;;/m11.../s1. The zero-order chi connectivity index (χ0) is 48.7. The van der Waals surface area contributed by atoms with Crippen LogP contribution in [0, 0.1) is 11.8 Å². The zero-order valence-electron chi connectivity index (χ0n) is 37.7. The molecular formula is C47H58N8O9S5. The van der Waals surface area contributed by atoms with Crippen molar-refractivity contribution in [2.45, 2.75) is 91.6 Å². The summed E-state index contributed by atoms with van der Waals surface area (Å²) >= 11 is 9.59. The summed E-state index contributed by atoms with van der Waals surface area (Å²) in [5.41, 5.74) is 1.79. The quantitative estimate of drug-likeness (QED) is 0.0394. The number of nitrogens with one attached hydrogen (secondary N) is 4. The van der Waals surface area contributed by atoms with Crippen molar-refractivity contribution in [3.05, 3.63) is 99.6 Å². The van der Waals surface area contributed by atoms with Crippen LogP contribution in [0.2, 0.25) is 0 Å². The summed E-state index contributed by atoms with van der Waals surface area (Å²) in [5, 5.41) is 55.3. The van der Waals surface area contributed by atoms with Gasteiger partial charge in [0.15, 0.2) is 16.1 Å². The molecule has 69 heavy (non-hydrogen) atoms. The highest BCUT2D eigenvalue weighted by molar-refractivity contribution is 7.98. The van der Waals surface area contributed by atoms with E-state index in [1.165, 1.54) is 46.2 Å². The molecule has 0 amide bonds. The Balaban J connectivity index is 0.000000191. The number of anilines is 2. The zero-order valence-corrected chi connectivity index (χ0v) is 41.9. The summed E-state index contributed by atoms with van der Waals surface area (Å²) < 4.78 is 14.1. The molecule has 370 valence electrons. The summed E-state index contributed by atoms with van der Waals surface area (Å²) in [6.45, 7) is 3.55. The number of hydrogen-bond donors (Lipinski definition) is 10. The highest BCUT2D eigenvalue weighted by Gasteiger charge is 2.54. The highest BCUT2D eigenvalue weighted by Crippen LogP contribution is 2.43. The maximum Gasteiger partial charge on any atom is 0.264 e. The second-order valence-corrected chi connectivity index (χ2v) is 20.5. The molecular weight excluding hydrogens is 981 g/mol. The number of para-hydroxylation sites is 2. The predicted octanol–water partition coefficient (Wildman–Crippen LogP) is 6.58. The van der Waals surface area contributed by atoms with E-state index in [1.54, 1.807) is 6.26 Å². The highest BCUT2D eigenvalue weighted by atomic mass is 32.2. The Morgan fingerprint density at radius 2 is 1.13 bits per heavy atom. The van der Waals surface area contributed by atoms with E-state index in [-0.39, 0.29) is 55.9 Å². The molecule has 17 nitrogen and oxygen atoms in total. The smallest absolute Gasteiger partial charge is 0.264 e. The lowest BCUT2D eigenvalue weighted by molar-refractivity contribution is -0.158. The topological polar surface area (TPSA) is 261 Å². The van der Waals surface area contributed by atoms with E-state index < -0.39 is 30.0 Å². The fourth-order valence-electron chi connectivity index (χ4n) is 8.30. The third-order valence-electron chi connectivity index (χ3n) is 11.5. The van der Waals surface area contributed by atoms with E-state index in [2.05, 4.69) is 53.2 Å². The number of nitrogens with zero attached hydrogens (tertiary/aromatic N) is 4. The van der Waals surface area contributed by atoms with Gasteiger partial charge in [0.2, 0.25) is 0 Å². The molecule has 0 unspecified atom stereocenters. The number of aromatic nitrogens is 6. The first kappa shape index (κ1) is 53.9. The van der Waals surface area contributed by atoms with E-state index in [0.717, 1.165) is 32.4 Å². The van der Waals surface area contributed by atoms with Crippen LogP contribution in [0.3, 0.4) is 0 Å². The van der Waals surface area contributed by atoms with Gasteiger partial charge in [-0.1, -0.05) is 73.4 Å². The second kappa shape index (κ2) is 24.1. The normalized spacial score (nSPS) is 23.1. The fourth-order valence-corrected chi connectivity index (χ4v) is 11.2. The van der Waals surface area contributed by atoms with Crippen molar-refractivity contribution in [1.82, 2.24) is 29.9 Å². The third-order valence-corrected chi connectivity index (χ3v) is 15.0. The van der Waals surface area contributed by atoms with E-state index in [9.17, 15) is 30.0 Å². The average Bonchev–Trinajstić information content (AvgIpc) is 4.16. The Morgan fingerprint density at radius 3 is 1.57 bits per heavy atom. The van der Waals surface area contributed by atoms with Crippen molar-refractivity contribution >= 4 is 90.9 Å². The Kier molecular flexibility index (Phi) is 18.8. The molecule has 0 spiro atoms. The minimum absolute atomic E-state index is 0. The number of H-pyrrole nitrogens is 2. The molecule has 10 rings (SSSR count). The Hall–Kier alpha value is -4.43. The Bertz CT molecular complexity index is 2830. The summed E-state index contributed by atoms with van der Waals surface area (Å²) in [6, 6.07) is 24.5. The van der Waals surface area contributed by atoms with Crippen molar-refractivity contribution in [3.63, 3.8) is 0 Å². The van der Waals surface area contributed by atoms with Gasteiger partial charge in [-0.15, -0.1) is 35.3 Å². The SMILES string of the molecule is C.CO.CSc1nc(N[C@@H]2C[C@H](CO)[C@@H](O)[C@H]2O)c(-c2nc3ccccc3s2)c(=O)[nH]1.CSc1nc(N[C@@H]2C[C@H](CO)[C@H]3OC(C)(C)O[C@H]32)c(-c2nc3ccccc3s2)c(=O)[nH]1.Sc1ccccc1. The van der Waals surface area contributed by atoms with Gasteiger partial charge in [-0.05, 0) is 75.6 Å². The van der Waals surface area contributed by atoms with Crippen LogP contribution in [0.5, 0.6) is 0 Å². The minimum atomic E-state index is -1.07. The number of hydrogen-bond acceptors (Lipinski definition) is 20. The molecule has 9 N–H and O–H groups in total. The van der Waals surface area contributed by atoms with Gasteiger partial charge in [0, 0.05) is 37.1 Å². The first-order valence-corrected chi connectivity index (χ1v) is 26.1. The van der Waals surface area contributed by atoms with Gasteiger partial charge in [0.05, 0.1) is 44.7 Å². The van der Waals surface area contributed by atoms with Crippen LogP contribution in [0.1, 0.15) is 34.1 Å². The number of thiol groups is 1. The largest absolute Gasteiger partial charge is 0.400 e. The van der Waals surface area contributed by atoms with Crippen molar-refractivity contribution in [2.75, 3.05) is 43.5 Å². The molecule has 4 aromatic heterocycles. The molecule has 3 aromatic carbocycles. The summed E-state index contributed by atoms with van der Waals surface area (Å²) in [6.07, 6.45) is 2.14. The van der Waals surface area contributed by atoms with Gasteiger partial charge in [-0.3, -0.25) is 9.59 Å². The average molecular weight is 1040 g/mol. The predicted molar refractivity (Wildman–Crippen MR) is 280 cm³/mol. The third kappa shape index (κ3) is 12.4. The molecule has 1 aliphatic heterocycles. The lowest BCUT2D eigenvalue weighted by Crippen LogP contribution is -2.36. The van der Waals surface area contributed by atoms with E-state index >= 15 is 0 Å². The van der Waals surface area contributed by atoms with Gasteiger partial charge in [0.1, 0.15) is 45.0 Å². The molecule has 0 bridgehead atoms. The number of aromatic amines is 2. The van der Waals surface area contributed by atoms with Gasteiger partial charge < -0.3 is 55.6 Å². The van der Waals surface area contributed by atoms with Gasteiger partial charge >= 0.3 is 0 Å². The molecule has 3 fully saturated rings. The maximum absolute atomic E-state index is 13.0. The first-order chi connectivity index (χ1) is 32.8. The number of aliphatic hydroxyl groups is 5. The number of ether oxygens (including phenoxy) is 2. The molecule has 7 aromatic rings. The van der Waals surface area contributed by atoms with Crippen LogP contribution in [-0.4, -0.2) is 131 Å². The number of fused-ring (bicyclic) bond motifs is 3. The Morgan fingerprint density at radius 1 is 0.681 bits per heavy atom. The molecule has 0 radical (unpaired) electrons. The van der Waals surface area contributed by atoms with Crippen LogP contribution in [0.15, 0.2) is 104 Å². The molecule has 3 aliphatic rings. The number of rotatable bonds is 10. The van der Waals surface area contributed by atoms with Crippen LogP contribution in [0.25, 0.3) is 41.6 Å². The first-order valence-electron chi connectivity index (χ1n) is 21.5. The summed E-state index contributed by atoms with van der Waals surface area (Å²) in [7, 11) is 1.00. The van der Waals surface area contributed by atoms with Crippen molar-refractivity contribution in [1.29, 1.82) is 0 Å². The van der Waals surface area contributed by atoms with Crippen LogP contribution in [-0.2, 0) is 9.47 Å². The maximum atomic E-state index is 13.0.